The van der Waals surface area contributed by atoms with Crippen molar-refractivity contribution in [2.75, 3.05) is 39.5 Å². The molecule has 1 aromatic carbocycles. The summed E-state index contributed by atoms with van der Waals surface area (Å²) in [4.78, 5) is 2.49. The van der Waals surface area contributed by atoms with Crippen molar-refractivity contribution in [1.82, 2.24) is 10.2 Å². The van der Waals surface area contributed by atoms with Gasteiger partial charge in [-0.2, -0.15) is 5.26 Å². The van der Waals surface area contributed by atoms with Crippen molar-refractivity contribution >= 4 is 0 Å². The van der Waals surface area contributed by atoms with E-state index in [1.165, 1.54) is 5.56 Å². The first-order valence-electron chi connectivity index (χ1n) is 9.36. The van der Waals surface area contributed by atoms with E-state index < -0.39 is 0 Å². The normalized spacial score (nSPS) is 25.1. The second-order valence-corrected chi connectivity index (χ2v) is 7.52. The molecule has 2 saturated heterocycles. The molecule has 25 heavy (non-hydrogen) atoms. The van der Waals surface area contributed by atoms with Crippen LogP contribution in [0, 0.1) is 16.7 Å². The molecule has 1 aromatic rings. The van der Waals surface area contributed by atoms with Crippen molar-refractivity contribution in [3.63, 3.8) is 0 Å². The minimum absolute atomic E-state index is 0.133. The van der Waals surface area contributed by atoms with E-state index in [1.54, 1.807) is 0 Å². The van der Waals surface area contributed by atoms with Crippen molar-refractivity contribution in [3.8, 4) is 6.07 Å². The van der Waals surface area contributed by atoms with Crippen LogP contribution in [0.5, 0.6) is 0 Å². The second-order valence-electron chi connectivity index (χ2n) is 7.52. The molecular weight excluding hydrogens is 314 g/mol. The number of hydrogen-bond acceptors (Lipinski definition) is 5. The van der Waals surface area contributed by atoms with Crippen molar-refractivity contribution in [1.29, 1.82) is 5.26 Å². The summed E-state index contributed by atoms with van der Waals surface area (Å²) in [6, 6.07) is 10.6. The van der Waals surface area contributed by atoms with Gasteiger partial charge in [0.15, 0.2) is 0 Å². The van der Waals surface area contributed by atoms with Gasteiger partial charge in [-0.05, 0) is 56.5 Å². The van der Waals surface area contributed by atoms with Gasteiger partial charge in [0.1, 0.15) is 0 Å². The van der Waals surface area contributed by atoms with Crippen molar-refractivity contribution in [2.45, 2.75) is 38.3 Å². The van der Waals surface area contributed by atoms with Gasteiger partial charge in [-0.3, -0.25) is 4.90 Å². The summed E-state index contributed by atoms with van der Waals surface area (Å²) >= 11 is 0. The van der Waals surface area contributed by atoms with Gasteiger partial charge in [-0.15, -0.1) is 0 Å². The number of piperidine rings is 1. The summed E-state index contributed by atoms with van der Waals surface area (Å²) in [7, 11) is 0. The number of rotatable bonds is 7. The average molecular weight is 343 g/mol. The molecule has 0 saturated carbocycles. The molecule has 5 heteroatoms. The lowest BCUT2D eigenvalue weighted by Crippen LogP contribution is -2.46. The molecule has 136 valence electrons. The van der Waals surface area contributed by atoms with E-state index in [2.05, 4.69) is 28.4 Å². The molecule has 0 amide bonds. The van der Waals surface area contributed by atoms with Gasteiger partial charge in [0.25, 0.3) is 0 Å². The van der Waals surface area contributed by atoms with Crippen LogP contribution in [0.15, 0.2) is 24.3 Å². The van der Waals surface area contributed by atoms with Gasteiger partial charge < -0.3 is 15.2 Å². The lowest BCUT2D eigenvalue weighted by molar-refractivity contribution is 0.115. The number of ether oxygens (including phenoxy) is 1. The molecule has 1 atom stereocenters. The Bertz CT molecular complexity index is 568. The lowest BCUT2D eigenvalue weighted by atomic mass is 9.83. The standard InChI is InChI=1S/C20H29N3O2/c21-13-17-1-3-18(4-2-17)14-23-9-5-19(6-10-23)22-15-20(7-11-24)8-12-25-16-20/h1-4,19,22,24H,5-12,14-16H2. The summed E-state index contributed by atoms with van der Waals surface area (Å²) in [5, 5.41) is 21.9. The minimum atomic E-state index is 0.133. The first-order valence-corrected chi connectivity index (χ1v) is 9.36. The van der Waals surface area contributed by atoms with Gasteiger partial charge in [-0.1, -0.05) is 12.1 Å². The molecule has 0 aromatic heterocycles. The fourth-order valence-corrected chi connectivity index (χ4v) is 3.91. The maximum absolute atomic E-state index is 9.33. The summed E-state index contributed by atoms with van der Waals surface area (Å²) in [5.74, 6) is 0. The van der Waals surface area contributed by atoms with E-state index in [0.29, 0.717) is 6.04 Å². The van der Waals surface area contributed by atoms with Crippen LogP contribution in [-0.4, -0.2) is 55.5 Å². The first kappa shape index (κ1) is 18.3. The molecule has 2 aliphatic rings. The Kier molecular flexibility index (Phi) is 6.44. The van der Waals surface area contributed by atoms with Crippen molar-refractivity contribution < 1.29 is 9.84 Å². The smallest absolute Gasteiger partial charge is 0.0991 e. The van der Waals surface area contributed by atoms with Crippen LogP contribution in [0.4, 0.5) is 0 Å². The monoisotopic (exact) mass is 343 g/mol. The van der Waals surface area contributed by atoms with E-state index in [9.17, 15) is 5.11 Å². The average Bonchev–Trinajstić information content (AvgIpc) is 3.11. The van der Waals surface area contributed by atoms with Crippen LogP contribution < -0.4 is 5.32 Å². The Morgan fingerprint density at radius 3 is 2.64 bits per heavy atom. The van der Waals surface area contributed by atoms with Crippen molar-refractivity contribution in [3.05, 3.63) is 35.4 Å². The van der Waals surface area contributed by atoms with Gasteiger partial charge in [0.05, 0.1) is 18.2 Å². The number of likely N-dealkylation sites (tertiary alicyclic amines) is 1. The van der Waals surface area contributed by atoms with E-state index >= 15 is 0 Å². The quantitative estimate of drug-likeness (QED) is 0.791. The van der Waals surface area contributed by atoms with Gasteiger partial charge >= 0.3 is 0 Å². The Morgan fingerprint density at radius 2 is 2.04 bits per heavy atom. The van der Waals surface area contributed by atoms with Crippen LogP contribution in [0.25, 0.3) is 0 Å². The number of benzene rings is 1. The number of nitrogens with one attached hydrogen (secondary N) is 1. The number of nitrogens with zero attached hydrogens (tertiary/aromatic N) is 2. The zero-order chi connectivity index (χ0) is 17.5. The fraction of sp³-hybridized carbons (Fsp3) is 0.650. The van der Waals surface area contributed by atoms with Crippen LogP contribution >= 0.6 is 0 Å². The Balaban J connectivity index is 1.41. The maximum Gasteiger partial charge on any atom is 0.0991 e. The summed E-state index contributed by atoms with van der Waals surface area (Å²) in [6.07, 6.45) is 4.20. The van der Waals surface area contributed by atoms with Crippen LogP contribution in [0.1, 0.15) is 36.8 Å². The number of aliphatic hydroxyl groups excluding tert-OH is 1. The number of nitriles is 1. The highest BCUT2D eigenvalue weighted by molar-refractivity contribution is 5.31. The fourth-order valence-electron chi connectivity index (χ4n) is 3.91. The SMILES string of the molecule is N#Cc1ccc(CN2CCC(NCC3(CCO)CCOC3)CC2)cc1. The van der Waals surface area contributed by atoms with E-state index in [1.807, 2.05) is 12.1 Å². The zero-order valence-electron chi connectivity index (χ0n) is 14.9. The predicted octanol–water partition coefficient (Wildman–Crippen LogP) is 1.90. The van der Waals surface area contributed by atoms with Crippen LogP contribution in [0.2, 0.25) is 0 Å². The van der Waals surface area contributed by atoms with Crippen LogP contribution in [-0.2, 0) is 11.3 Å². The Labute approximate surface area is 150 Å². The number of aliphatic hydroxyl groups is 1. The minimum Gasteiger partial charge on any atom is -0.396 e. The highest BCUT2D eigenvalue weighted by Gasteiger charge is 2.35. The van der Waals surface area contributed by atoms with Crippen molar-refractivity contribution in [2.24, 2.45) is 5.41 Å². The molecule has 0 bridgehead atoms. The maximum atomic E-state index is 9.33. The van der Waals surface area contributed by atoms with E-state index in [4.69, 9.17) is 10.00 Å². The molecule has 2 N–H and O–H groups in total. The Morgan fingerprint density at radius 1 is 1.28 bits per heavy atom. The van der Waals surface area contributed by atoms with Crippen LogP contribution in [0.3, 0.4) is 0 Å². The third kappa shape index (κ3) is 5.02. The third-order valence-corrected chi connectivity index (χ3v) is 5.67. The topological polar surface area (TPSA) is 68.5 Å². The van der Waals surface area contributed by atoms with E-state index in [-0.39, 0.29) is 12.0 Å². The molecule has 1 unspecified atom stereocenters. The Hall–Kier alpha value is -1.45. The third-order valence-electron chi connectivity index (χ3n) is 5.67. The molecule has 2 heterocycles. The molecule has 0 radical (unpaired) electrons. The summed E-state index contributed by atoms with van der Waals surface area (Å²) in [6.45, 7) is 5.95. The lowest BCUT2D eigenvalue weighted by Gasteiger charge is -2.35. The molecule has 2 aliphatic heterocycles. The highest BCUT2D eigenvalue weighted by atomic mass is 16.5. The second kappa shape index (κ2) is 8.77. The van der Waals surface area contributed by atoms with Gasteiger partial charge in [-0.25, -0.2) is 0 Å². The van der Waals surface area contributed by atoms with Gasteiger partial charge in [0.2, 0.25) is 0 Å². The van der Waals surface area contributed by atoms with Gasteiger partial charge in [0, 0.05) is 37.8 Å². The molecule has 3 rings (SSSR count). The molecule has 2 fully saturated rings. The molecular formula is C20H29N3O2. The highest BCUT2D eigenvalue weighted by Crippen LogP contribution is 2.31. The largest absolute Gasteiger partial charge is 0.396 e. The zero-order valence-corrected chi connectivity index (χ0v) is 14.9. The molecule has 0 aliphatic carbocycles. The molecule has 0 spiro atoms. The number of hydrogen-bond donors (Lipinski definition) is 2. The van der Waals surface area contributed by atoms with E-state index in [0.717, 1.165) is 70.6 Å². The summed E-state index contributed by atoms with van der Waals surface area (Å²) < 4.78 is 5.57. The summed E-state index contributed by atoms with van der Waals surface area (Å²) in [5.41, 5.74) is 2.13. The first-order chi connectivity index (χ1) is 12.2. The molecule has 5 nitrogen and oxygen atoms in total. The predicted molar refractivity (Wildman–Crippen MR) is 97.0 cm³/mol.